The molecule has 1 aromatic carbocycles. The molecule has 2 rings (SSSR count). The van der Waals surface area contributed by atoms with Crippen LogP contribution in [0.2, 0.25) is 0 Å². The molecule has 1 aromatic rings. The molecule has 2 heteroatoms. The van der Waals surface area contributed by atoms with Gasteiger partial charge in [-0.3, -0.25) is 4.79 Å². The first kappa shape index (κ1) is 10.4. The molecule has 0 atom stereocenters. The van der Waals surface area contributed by atoms with E-state index in [1.54, 1.807) is 0 Å². The molecule has 0 radical (unpaired) electrons. The van der Waals surface area contributed by atoms with E-state index in [0.717, 1.165) is 24.0 Å². The fraction of sp³-hybridized carbons (Fsp3) is 0.462. The monoisotopic (exact) mass is 203 g/mol. The Bertz CT molecular complexity index is 367. The lowest BCUT2D eigenvalue weighted by Gasteiger charge is -2.34. The predicted octanol–water partition coefficient (Wildman–Crippen LogP) is 2.18. The number of carbonyl (C=O) groups excluding carboxylic acids is 1. The van der Waals surface area contributed by atoms with Gasteiger partial charge in [-0.1, -0.05) is 24.3 Å². The van der Waals surface area contributed by atoms with Crippen LogP contribution in [0.5, 0.6) is 0 Å². The lowest BCUT2D eigenvalue weighted by molar-refractivity contribution is 0.0815. The van der Waals surface area contributed by atoms with Crippen molar-refractivity contribution >= 4 is 5.78 Å². The van der Waals surface area contributed by atoms with E-state index in [1.165, 1.54) is 0 Å². The van der Waals surface area contributed by atoms with Crippen molar-refractivity contribution in [2.75, 3.05) is 7.05 Å². The molecule has 0 aliphatic heterocycles. The maximum absolute atomic E-state index is 12.1. The Morgan fingerprint density at radius 3 is 2.60 bits per heavy atom. The third-order valence-electron chi connectivity index (χ3n) is 3.33. The molecule has 0 aromatic heterocycles. The Labute approximate surface area is 90.7 Å². The van der Waals surface area contributed by atoms with E-state index in [4.69, 9.17) is 0 Å². The summed E-state index contributed by atoms with van der Waals surface area (Å²) in [7, 11) is 1.96. The number of hydrogen-bond donors (Lipinski definition) is 1. The van der Waals surface area contributed by atoms with Gasteiger partial charge in [-0.15, -0.1) is 0 Å². The van der Waals surface area contributed by atoms with Crippen LogP contribution in [-0.4, -0.2) is 18.9 Å². The highest BCUT2D eigenvalue weighted by Crippen LogP contribution is 2.31. The lowest BCUT2D eigenvalue weighted by atomic mass is 9.75. The average molecular weight is 203 g/mol. The molecule has 2 nitrogen and oxygen atoms in total. The fourth-order valence-electron chi connectivity index (χ4n) is 2.14. The number of carbonyl (C=O) groups is 1. The summed E-state index contributed by atoms with van der Waals surface area (Å²) in [6.45, 7) is 2.00. The van der Waals surface area contributed by atoms with Gasteiger partial charge in [0.1, 0.15) is 0 Å². The van der Waals surface area contributed by atoms with Crippen molar-refractivity contribution in [1.29, 1.82) is 0 Å². The van der Waals surface area contributed by atoms with Crippen molar-refractivity contribution in [1.82, 2.24) is 5.32 Å². The summed E-state index contributed by atoms with van der Waals surface area (Å²) in [5.74, 6) is 0.558. The minimum Gasteiger partial charge on any atom is -0.317 e. The van der Waals surface area contributed by atoms with E-state index < -0.39 is 0 Å². The van der Waals surface area contributed by atoms with Crippen LogP contribution in [0.15, 0.2) is 24.3 Å². The number of Topliss-reactive ketones (excluding diaryl/α,β-unsaturated/α-hetero) is 1. The van der Waals surface area contributed by atoms with Crippen molar-refractivity contribution in [3.05, 3.63) is 35.4 Å². The highest BCUT2D eigenvalue weighted by Gasteiger charge is 2.34. The van der Waals surface area contributed by atoms with Crippen LogP contribution >= 0.6 is 0 Å². The molecule has 0 saturated heterocycles. The van der Waals surface area contributed by atoms with Crippen LogP contribution in [0.1, 0.15) is 28.8 Å². The van der Waals surface area contributed by atoms with E-state index in [9.17, 15) is 4.79 Å². The summed E-state index contributed by atoms with van der Waals surface area (Å²) in [6.07, 6.45) is 1.98. The lowest BCUT2D eigenvalue weighted by Crippen LogP contribution is -2.42. The van der Waals surface area contributed by atoms with Crippen LogP contribution in [0.4, 0.5) is 0 Å². The standard InChI is InChI=1S/C13H17NO/c1-9-5-3-4-6-12(9)13(15)10-7-11(8-10)14-2/h3-6,10-11,14H,7-8H2,1-2H3. The van der Waals surface area contributed by atoms with Gasteiger partial charge in [-0.2, -0.15) is 0 Å². The Morgan fingerprint density at radius 1 is 1.33 bits per heavy atom. The maximum atomic E-state index is 12.1. The van der Waals surface area contributed by atoms with Crippen molar-refractivity contribution in [2.24, 2.45) is 5.92 Å². The first-order valence-electron chi connectivity index (χ1n) is 5.49. The Kier molecular flexibility index (Phi) is 2.87. The van der Waals surface area contributed by atoms with Gasteiger partial charge in [0.05, 0.1) is 0 Å². The topological polar surface area (TPSA) is 29.1 Å². The molecule has 1 fully saturated rings. The Morgan fingerprint density at radius 2 is 2.00 bits per heavy atom. The Balaban J connectivity index is 2.07. The quantitative estimate of drug-likeness (QED) is 0.763. The summed E-state index contributed by atoms with van der Waals surface area (Å²) in [6, 6.07) is 8.40. The predicted molar refractivity (Wildman–Crippen MR) is 61.1 cm³/mol. The summed E-state index contributed by atoms with van der Waals surface area (Å²) < 4.78 is 0. The molecule has 0 unspecified atom stereocenters. The molecule has 1 saturated carbocycles. The van der Waals surface area contributed by atoms with Crippen molar-refractivity contribution < 1.29 is 4.79 Å². The van der Waals surface area contributed by atoms with Crippen LogP contribution in [0, 0.1) is 12.8 Å². The van der Waals surface area contributed by atoms with Gasteiger partial charge in [0.15, 0.2) is 5.78 Å². The normalized spacial score (nSPS) is 24.7. The molecule has 0 spiro atoms. The molecule has 1 aliphatic carbocycles. The molecular formula is C13H17NO. The van der Waals surface area contributed by atoms with Crippen molar-refractivity contribution in [2.45, 2.75) is 25.8 Å². The molecular weight excluding hydrogens is 186 g/mol. The van der Waals surface area contributed by atoms with Crippen LogP contribution in [0.25, 0.3) is 0 Å². The van der Waals surface area contributed by atoms with Gasteiger partial charge in [0, 0.05) is 17.5 Å². The van der Waals surface area contributed by atoms with E-state index in [-0.39, 0.29) is 5.92 Å². The van der Waals surface area contributed by atoms with Crippen molar-refractivity contribution in [3.63, 3.8) is 0 Å². The number of ketones is 1. The second-order valence-electron chi connectivity index (χ2n) is 4.33. The SMILES string of the molecule is CNC1CC(C(=O)c2ccccc2C)C1. The Hall–Kier alpha value is -1.15. The zero-order valence-electron chi connectivity index (χ0n) is 9.29. The number of nitrogens with one attached hydrogen (secondary N) is 1. The van der Waals surface area contributed by atoms with Crippen molar-refractivity contribution in [3.8, 4) is 0 Å². The third-order valence-corrected chi connectivity index (χ3v) is 3.33. The largest absolute Gasteiger partial charge is 0.317 e. The van der Waals surface area contributed by atoms with Crippen LogP contribution in [-0.2, 0) is 0 Å². The number of hydrogen-bond acceptors (Lipinski definition) is 2. The molecule has 1 N–H and O–H groups in total. The molecule has 0 heterocycles. The van der Waals surface area contributed by atoms with Gasteiger partial charge in [0.2, 0.25) is 0 Å². The maximum Gasteiger partial charge on any atom is 0.166 e. The van der Waals surface area contributed by atoms with E-state index >= 15 is 0 Å². The number of rotatable bonds is 3. The molecule has 15 heavy (non-hydrogen) atoms. The molecule has 0 bridgehead atoms. The second-order valence-corrected chi connectivity index (χ2v) is 4.33. The summed E-state index contributed by atoms with van der Waals surface area (Å²) in [5, 5.41) is 3.20. The highest BCUT2D eigenvalue weighted by molar-refractivity contribution is 5.99. The first-order chi connectivity index (χ1) is 7.22. The molecule has 80 valence electrons. The minimum absolute atomic E-state index is 0.239. The van der Waals surface area contributed by atoms with Gasteiger partial charge >= 0.3 is 0 Å². The summed E-state index contributed by atoms with van der Waals surface area (Å²) in [5.41, 5.74) is 1.99. The minimum atomic E-state index is 0.239. The summed E-state index contributed by atoms with van der Waals surface area (Å²) in [4.78, 5) is 12.1. The average Bonchev–Trinajstić information content (AvgIpc) is 2.16. The van der Waals surface area contributed by atoms with Crippen LogP contribution in [0.3, 0.4) is 0 Å². The van der Waals surface area contributed by atoms with Gasteiger partial charge < -0.3 is 5.32 Å². The van der Waals surface area contributed by atoms with Gasteiger partial charge in [-0.05, 0) is 32.4 Å². The third kappa shape index (κ3) is 1.95. The zero-order valence-corrected chi connectivity index (χ0v) is 9.29. The summed E-state index contributed by atoms with van der Waals surface area (Å²) >= 11 is 0. The second kappa shape index (κ2) is 4.15. The van der Waals surface area contributed by atoms with Gasteiger partial charge in [-0.25, -0.2) is 0 Å². The van der Waals surface area contributed by atoms with E-state index in [2.05, 4.69) is 5.32 Å². The molecule has 0 amide bonds. The zero-order chi connectivity index (χ0) is 10.8. The molecule has 1 aliphatic rings. The smallest absolute Gasteiger partial charge is 0.166 e. The first-order valence-corrected chi connectivity index (χ1v) is 5.49. The van der Waals surface area contributed by atoms with Gasteiger partial charge in [0.25, 0.3) is 0 Å². The van der Waals surface area contributed by atoms with E-state index in [1.807, 2.05) is 38.2 Å². The van der Waals surface area contributed by atoms with E-state index in [0.29, 0.717) is 11.8 Å². The highest BCUT2D eigenvalue weighted by atomic mass is 16.1. The number of benzene rings is 1. The number of aryl methyl sites for hydroxylation is 1. The van der Waals surface area contributed by atoms with Crippen LogP contribution < -0.4 is 5.32 Å². The fourth-order valence-corrected chi connectivity index (χ4v) is 2.14.